The predicted molar refractivity (Wildman–Crippen MR) is 84.0 cm³/mol. The van der Waals surface area contributed by atoms with Gasteiger partial charge in [-0.1, -0.05) is 11.6 Å². The van der Waals surface area contributed by atoms with Gasteiger partial charge in [-0.2, -0.15) is 5.10 Å². The summed E-state index contributed by atoms with van der Waals surface area (Å²) >= 11 is 6.36. The van der Waals surface area contributed by atoms with Crippen LogP contribution in [0.15, 0.2) is 6.20 Å². The monoisotopic (exact) mass is 315 g/mol. The van der Waals surface area contributed by atoms with Crippen LogP contribution in [-0.2, 0) is 11.3 Å². The molecular weight excluding hydrogens is 290 g/mol. The third kappa shape index (κ3) is 4.17. The lowest BCUT2D eigenvalue weighted by molar-refractivity contribution is 0.0162. The van der Waals surface area contributed by atoms with Crippen molar-refractivity contribution in [3.8, 4) is 0 Å². The topological polar surface area (TPSA) is 68.3 Å². The van der Waals surface area contributed by atoms with Crippen molar-refractivity contribution in [2.75, 3.05) is 27.2 Å². The number of halogens is 1. The normalized spacial score (nSPS) is 18.2. The number of nitrogens with zero attached hydrogens (tertiary/aromatic N) is 3. The largest absolute Gasteiger partial charge is 0.376 e. The van der Waals surface area contributed by atoms with E-state index < -0.39 is 0 Å². The number of nitrogens with one attached hydrogen (secondary N) is 1. The summed E-state index contributed by atoms with van der Waals surface area (Å²) in [6.45, 7) is 4.35. The summed E-state index contributed by atoms with van der Waals surface area (Å²) < 4.78 is 7.86. The van der Waals surface area contributed by atoms with Gasteiger partial charge in [-0.15, -0.1) is 0 Å². The number of rotatable bonds is 9. The molecule has 0 saturated heterocycles. The molecule has 2 atom stereocenters. The summed E-state index contributed by atoms with van der Waals surface area (Å²) in [6.07, 6.45) is 4.11. The van der Waals surface area contributed by atoms with Gasteiger partial charge < -0.3 is 9.64 Å². The molecule has 1 aromatic heterocycles. The fourth-order valence-corrected chi connectivity index (χ4v) is 2.86. The van der Waals surface area contributed by atoms with Crippen molar-refractivity contribution < 1.29 is 4.74 Å². The minimum atomic E-state index is -0.130. The summed E-state index contributed by atoms with van der Waals surface area (Å²) in [6, 6.07) is -0.130. The van der Waals surface area contributed by atoms with E-state index in [2.05, 4.69) is 15.4 Å². The van der Waals surface area contributed by atoms with Gasteiger partial charge in [-0.3, -0.25) is 10.5 Å². The van der Waals surface area contributed by atoms with Crippen LogP contribution in [0.3, 0.4) is 0 Å². The van der Waals surface area contributed by atoms with Crippen molar-refractivity contribution in [1.29, 1.82) is 0 Å². The van der Waals surface area contributed by atoms with Crippen LogP contribution in [0.5, 0.6) is 0 Å². The molecule has 0 spiro atoms. The van der Waals surface area contributed by atoms with Crippen molar-refractivity contribution in [3.05, 3.63) is 16.9 Å². The van der Waals surface area contributed by atoms with Crippen LogP contribution in [0.1, 0.15) is 31.5 Å². The molecule has 1 aliphatic rings. The van der Waals surface area contributed by atoms with E-state index in [1.807, 2.05) is 25.7 Å². The average molecular weight is 316 g/mol. The van der Waals surface area contributed by atoms with Gasteiger partial charge in [0.2, 0.25) is 0 Å². The first-order valence-electron chi connectivity index (χ1n) is 7.52. The van der Waals surface area contributed by atoms with Gasteiger partial charge in [0, 0.05) is 13.2 Å². The van der Waals surface area contributed by atoms with Crippen molar-refractivity contribution in [2.45, 2.75) is 38.5 Å². The molecule has 0 aliphatic heterocycles. The second-order valence-electron chi connectivity index (χ2n) is 5.81. The third-order valence-electron chi connectivity index (χ3n) is 3.84. The molecule has 2 rings (SSSR count). The van der Waals surface area contributed by atoms with Crippen LogP contribution >= 0.6 is 11.6 Å². The molecule has 0 radical (unpaired) electrons. The molecular formula is C14H26ClN5O. The summed E-state index contributed by atoms with van der Waals surface area (Å²) in [5.74, 6) is 6.37. The van der Waals surface area contributed by atoms with E-state index in [0.717, 1.165) is 18.8 Å². The minimum Gasteiger partial charge on any atom is -0.376 e. The van der Waals surface area contributed by atoms with Crippen LogP contribution in [0.4, 0.5) is 0 Å². The molecule has 1 saturated carbocycles. The number of ether oxygens (including phenoxy) is 1. The summed E-state index contributed by atoms with van der Waals surface area (Å²) in [5, 5.41) is 5.03. The molecule has 2 unspecified atom stereocenters. The second-order valence-corrected chi connectivity index (χ2v) is 6.21. The van der Waals surface area contributed by atoms with Gasteiger partial charge in [0.1, 0.15) is 0 Å². The van der Waals surface area contributed by atoms with E-state index in [1.54, 1.807) is 6.20 Å². The highest BCUT2D eigenvalue weighted by molar-refractivity contribution is 6.31. The van der Waals surface area contributed by atoms with Gasteiger partial charge in [-0.25, -0.2) is 5.43 Å². The van der Waals surface area contributed by atoms with Crippen LogP contribution in [0.25, 0.3) is 0 Å². The Balaban J connectivity index is 2.21. The van der Waals surface area contributed by atoms with Crippen molar-refractivity contribution in [3.63, 3.8) is 0 Å². The zero-order valence-electron chi connectivity index (χ0n) is 13.1. The number of hydrogen-bond donors (Lipinski definition) is 2. The zero-order valence-corrected chi connectivity index (χ0v) is 13.8. The molecule has 120 valence electrons. The van der Waals surface area contributed by atoms with Gasteiger partial charge >= 0.3 is 0 Å². The Labute approximate surface area is 131 Å². The molecule has 0 bridgehead atoms. The molecule has 1 fully saturated rings. The Morgan fingerprint density at radius 3 is 2.81 bits per heavy atom. The summed E-state index contributed by atoms with van der Waals surface area (Å²) in [4.78, 5) is 2.12. The Morgan fingerprint density at radius 1 is 1.57 bits per heavy atom. The zero-order chi connectivity index (χ0) is 15.4. The fourth-order valence-electron chi connectivity index (χ4n) is 2.61. The lowest BCUT2D eigenvalue weighted by Crippen LogP contribution is -2.41. The molecule has 3 N–H and O–H groups in total. The number of hydrazine groups is 1. The van der Waals surface area contributed by atoms with E-state index in [9.17, 15) is 0 Å². The summed E-state index contributed by atoms with van der Waals surface area (Å²) in [7, 11) is 4.08. The van der Waals surface area contributed by atoms with E-state index in [0.29, 0.717) is 17.5 Å². The predicted octanol–water partition coefficient (Wildman–Crippen LogP) is 1.42. The molecule has 1 aliphatic carbocycles. The first-order chi connectivity index (χ1) is 10.1. The molecule has 1 aromatic rings. The fraction of sp³-hybridized carbons (Fsp3) is 0.786. The highest BCUT2D eigenvalue weighted by atomic mass is 35.5. The van der Waals surface area contributed by atoms with E-state index in [4.69, 9.17) is 22.2 Å². The van der Waals surface area contributed by atoms with Crippen LogP contribution in [0, 0.1) is 5.92 Å². The van der Waals surface area contributed by atoms with Crippen LogP contribution < -0.4 is 11.3 Å². The van der Waals surface area contributed by atoms with Crippen LogP contribution in [-0.4, -0.2) is 48.0 Å². The number of aromatic nitrogens is 2. The Morgan fingerprint density at radius 2 is 2.29 bits per heavy atom. The average Bonchev–Trinajstić information content (AvgIpc) is 3.22. The maximum absolute atomic E-state index is 6.36. The quantitative estimate of drug-likeness (QED) is 0.533. The lowest BCUT2D eigenvalue weighted by atomic mass is 10.0. The standard InChI is InChI=1S/C14H26ClN5O/c1-4-21-14(10-5-6-10)12(18-16)13-11(15)9-17-20(13)8-7-19(2)3/h9-10,12,14,18H,4-8,16H2,1-3H3. The highest BCUT2D eigenvalue weighted by Crippen LogP contribution is 2.41. The first kappa shape index (κ1) is 16.7. The second kappa shape index (κ2) is 7.56. The maximum Gasteiger partial charge on any atom is 0.0908 e. The Bertz CT molecular complexity index is 447. The first-order valence-corrected chi connectivity index (χ1v) is 7.89. The molecule has 7 heteroatoms. The summed E-state index contributed by atoms with van der Waals surface area (Å²) in [5.41, 5.74) is 3.82. The SMILES string of the molecule is CCOC(C1CC1)C(NN)c1c(Cl)cnn1CCN(C)C. The Hall–Kier alpha value is -0.660. The van der Waals surface area contributed by atoms with Crippen molar-refractivity contribution >= 4 is 11.6 Å². The third-order valence-corrected chi connectivity index (χ3v) is 4.13. The number of likely N-dealkylation sites (N-methyl/N-ethyl adjacent to an activating group) is 1. The lowest BCUT2D eigenvalue weighted by Gasteiger charge is -2.27. The molecule has 0 amide bonds. The number of hydrogen-bond acceptors (Lipinski definition) is 5. The smallest absolute Gasteiger partial charge is 0.0908 e. The minimum absolute atomic E-state index is 0.0484. The van der Waals surface area contributed by atoms with Gasteiger partial charge in [0.15, 0.2) is 0 Å². The number of nitrogens with two attached hydrogens (primary N) is 1. The van der Waals surface area contributed by atoms with E-state index >= 15 is 0 Å². The van der Waals surface area contributed by atoms with Crippen LogP contribution in [0.2, 0.25) is 5.02 Å². The molecule has 6 nitrogen and oxygen atoms in total. The van der Waals surface area contributed by atoms with Crippen molar-refractivity contribution in [2.24, 2.45) is 11.8 Å². The molecule has 21 heavy (non-hydrogen) atoms. The Kier molecular flexibility index (Phi) is 6.01. The van der Waals surface area contributed by atoms with Crippen molar-refractivity contribution in [1.82, 2.24) is 20.1 Å². The molecule has 0 aromatic carbocycles. The maximum atomic E-state index is 6.36. The van der Waals surface area contributed by atoms with Gasteiger partial charge in [-0.05, 0) is 39.8 Å². The van der Waals surface area contributed by atoms with E-state index in [-0.39, 0.29) is 12.1 Å². The van der Waals surface area contributed by atoms with Gasteiger partial charge in [0.25, 0.3) is 0 Å². The van der Waals surface area contributed by atoms with Gasteiger partial charge in [0.05, 0.1) is 35.6 Å². The highest BCUT2D eigenvalue weighted by Gasteiger charge is 2.39. The molecule has 1 heterocycles. The van der Waals surface area contributed by atoms with E-state index in [1.165, 1.54) is 12.8 Å².